The van der Waals surface area contributed by atoms with Gasteiger partial charge in [-0.1, -0.05) is 0 Å². The number of piperazine rings is 2. The third-order valence-corrected chi connectivity index (χ3v) is 6.54. The maximum absolute atomic E-state index is 11.6. The third kappa shape index (κ3) is 4.68. The van der Waals surface area contributed by atoms with Gasteiger partial charge in [0.2, 0.25) is 5.95 Å². The number of rotatable bonds is 6. The molecule has 5 rings (SSSR count). The Morgan fingerprint density at radius 1 is 1.03 bits per heavy atom. The highest BCUT2D eigenvalue weighted by atomic mass is 16.5. The van der Waals surface area contributed by atoms with Gasteiger partial charge in [0.05, 0.1) is 5.39 Å². The van der Waals surface area contributed by atoms with Crippen molar-refractivity contribution >= 4 is 40.5 Å². The highest BCUT2D eigenvalue weighted by Crippen LogP contribution is 2.28. The smallest absolute Gasteiger partial charge is 0.231 e. The Labute approximate surface area is 198 Å². The van der Waals surface area contributed by atoms with E-state index in [-0.39, 0.29) is 6.17 Å². The molecule has 34 heavy (non-hydrogen) atoms. The van der Waals surface area contributed by atoms with Gasteiger partial charge >= 0.3 is 0 Å². The quantitative estimate of drug-likeness (QED) is 0.400. The molecule has 0 radical (unpaired) electrons. The molecule has 0 saturated carbocycles. The van der Waals surface area contributed by atoms with E-state index in [4.69, 9.17) is 0 Å². The molecule has 2 saturated heterocycles. The summed E-state index contributed by atoms with van der Waals surface area (Å²) in [5.74, 6) is 0.888. The number of carbonyl (C=O) groups excluding carboxylic acids is 1. The number of H-pyrrole nitrogens is 1. The highest BCUT2D eigenvalue weighted by molar-refractivity contribution is 6.02. The second-order valence-electron chi connectivity index (χ2n) is 9.03. The van der Waals surface area contributed by atoms with E-state index in [1.807, 2.05) is 19.2 Å². The zero-order valence-electron chi connectivity index (χ0n) is 19.5. The molecule has 0 bridgehead atoms. The highest BCUT2D eigenvalue weighted by Gasteiger charge is 2.26. The SMILES string of the molecule is CN1CCN(c2ccc(Nc3nc(NC4CN(C)CCN4O)c4c(C=O)c[nH]c4n3)cc2)CC1. The Morgan fingerprint density at radius 3 is 2.50 bits per heavy atom. The molecule has 2 aromatic heterocycles. The molecule has 0 aliphatic carbocycles. The summed E-state index contributed by atoms with van der Waals surface area (Å²) in [5.41, 5.74) is 3.08. The molecule has 4 N–H and O–H groups in total. The van der Waals surface area contributed by atoms with Gasteiger partial charge in [0.25, 0.3) is 0 Å². The second-order valence-corrected chi connectivity index (χ2v) is 9.03. The van der Waals surface area contributed by atoms with Gasteiger partial charge in [-0.3, -0.25) is 4.79 Å². The van der Waals surface area contributed by atoms with Crippen LogP contribution in [0.4, 0.5) is 23.1 Å². The first-order chi connectivity index (χ1) is 16.5. The Balaban J connectivity index is 1.39. The van der Waals surface area contributed by atoms with Crippen LogP contribution in [-0.4, -0.2) is 107 Å². The lowest BCUT2D eigenvalue weighted by Crippen LogP contribution is -2.53. The summed E-state index contributed by atoms with van der Waals surface area (Å²) in [7, 11) is 4.15. The van der Waals surface area contributed by atoms with Gasteiger partial charge in [0.1, 0.15) is 17.6 Å². The van der Waals surface area contributed by atoms with Crippen LogP contribution in [0.1, 0.15) is 10.4 Å². The number of aromatic amines is 1. The van der Waals surface area contributed by atoms with Crippen molar-refractivity contribution < 1.29 is 10.0 Å². The molecule has 1 aromatic carbocycles. The van der Waals surface area contributed by atoms with E-state index in [9.17, 15) is 10.0 Å². The number of nitrogens with zero attached hydrogens (tertiary/aromatic N) is 6. The molecule has 0 amide bonds. The molecule has 11 heteroatoms. The number of benzene rings is 1. The van der Waals surface area contributed by atoms with Crippen molar-refractivity contribution in [3.63, 3.8) is 0 Å². The standard InChI is InChI=1S/C23H31N9O2/c1-29-7-10-31(11-8-29)18-5-3-17(4-6-18)25-23-27-21-20(16(15-33)13-24-21)22(28-23)26-19-14-30(2)9-12-32(19)34/h3-6,13,15,19,34H,7-12,14H2,1-2H3,(H3,24,25,26,27,28). The van der Waals surface area contributed by atoms with Gasteiger partial charge in [-0.15, -0.1) is 0 Å². The topological polar surface area (TPSA) is 116 Å². The Kier molecular flexibility index (Phi) is 6.33. The van der Waals surface area contributed by atoms with E-state index >= 15 is 0 Å². The zero-order chi connectivity index (χ0) is 23.7. The second kappa shape index (κ2) is 9.55. The van der Waals surface area contributed by atoms with Crippen LogP contribution in [0.2, 0.25) is 0 Å². The van der Waals surface area contributed by atoms with Crippen LogP contribution >= 0.6 is 0 Å². The van der Waals surface area contributed by atoms with Crippen LogP contribution in [0.15, 0.2) is 30.5 Å². The number of aromatic nitrogens is 3. The first-order valence-corrected chi connectivity index (χ1v) is 11.6. The fraction of sp³-hybridized carbons (Fsp3) is 0.435. The summed E-state index contributed by atoms with van der Waals surface area (Å²) in [6.45, 7) is 6.05. The Bertz CT molecular complexity index is 1140. The molecular formula is C23H31N9O2. The van der Waals surface area contributed by atoms with Crippen LogP contribution in [0.25, 0.3) is 11.0 Å². The lowest BCUT2D eigenvalue weighted by atomic mass is 10.2. The van der Waals surface area contributed by atoms with E-state index in [0.29, 0.717) is 41.5 Å². The number of anilines is 4. The van der Waals surface area contributed by atoms with Crippen LogP contribution in [0.5, 0.6) is 0 Å². The summed E-state index contributed by atoms with van der Waals surface area (Å²) in [6.07, 6.45) is 2.04. The summed E-state index contributed by atoms with van der Waals surface area (Å²) in [5, 5.41) is 18.8. The molecule has 180 valence electrons. The van der Waals surface area contributed by atoms with Crippen LogP contribution in [0.3, 0.4) is 0 Å². The van der Waals surface area contributed by atoms with Crippen molar-refractivity contribution in [2.75, 3.05) is 75.4 Å². The average molecular weight is 466 g/mol. The fourth-order valence-corrected chi connectivity index (χ4v) is 4.45. The predicted molar refractivity (Wildman–Crippen MR) is 132 cm³/mol. The van der Waals surface area contributed by atoms with Crippen LogP contribution in [0, 0.1) is 0 Å². The maximum atomic E-state index is 11.6. The van der Waals surface area contributed by atoms with Crippen molar-refractivity contribution in [3.8, 4) is 0 Å². The molecule has 3 aromatic rings. The number of carbonyl (C=O) groups is 1. The summed E-state index contributed by atoms with van der Waals surface area (Å²) in [6, 6.07) is 8.24. The average Bonchev–Trinajstić information content (AvgIpc) is 3.26. The molecule has 0 spiro atoms. The molecule has 2 fully saturated rings. The van der Waals surface area contributed by atoms with Crippen LogP contribution < -0.4 is 15.5 Å². The lowest BCUT2D eigenvalue weighted by Gasteiger charge is -2.36. The minimum atomic E-state index is -0.359. The minimum Gasteiger partial charge on any atom is -0.369 e. The first-order valence-electron chi connectivity index (χ1n) is 11.6. The van der Waals surface area contributed by atoms with Gasteiger partial charge in [-0.2, -0.15) is 15.0 Å². The van der Waals surface area contributed by atoms with Crippen LogP contribution in [-0.2, 0) is 0 Å². The minimum absolute atomic E-state index is 0.359. The number of hydroxylamine groups is 2. The summed E-state index contributed by atoms with van der Waals surface area (Å²) < 4.78 is 0. The van der Waals surface area contributed by atoms with E-state index < -0.39 is 0 Å². The monoisotopic (exact) mass is 465 g/mol. The summed E-state index contributed by atoms with van der Waals surface area (Å²) >= 11 is 0. The van der Waals surface area contributed by atoms with E-state index in [1.54, 1.807) is 6.20 Å². The van der Waals surface area contributed by atoms with Crippen molar-refractivity contribution in [2.24, 2.45) is 0 Å². The molecule has 1 atom stereocenters. The Hall–Kier alpha value is -3.25. The van der Waals surface area contributed by atoms with Crippen molar-refractivity contribution in [3.05, 3.63) is 36.0 Å². The van der Waals surface area contributed by atoms with Gasteiger partial charge in [-0.25, -0.2) is 0 Å². The molecular weight excluding hydrogens is 434 g/mol. The number of hydrogen-bond donors (Lipinski definition) is 4. The predicted octanol–water partition coefficient (Wildman–Crippen LogP) is 1.64. The number of hydrogen-bond acceptors (Lipinski definition) is 10. The van der Waals surface area contributed by atoms with Gasteiger partial charge in [0.15, 0.2) is 6.29 Å². The van der Waals surface area contributed by atoms with Gasteiger partial charge in [0, 0.05) is 68.9 Å². The first kappa shape index (κ1) is 22.5. The normalized spacial score (nSPS) is 20.6. The molecule has 1 unspecified atom stereocenters. The van der Waals surface area contributed by atoms with Gasteiger partial charge in [-0.05, 0) is 38.4 Å². The molecule has 4 heterocycles. The van der Waals surface area contributed by atoms with E-state index in [0.717, 1.165) is 44.7 Å². The zero-order valence-corrected chi connectivity index (χ0v) is 19.5. The Morgan fingerprint density at radius 2 is 1.76 bits per heavy atom. The third-order valence-electron chi connectivity index (χ3n) is 6.54. The van der Waals surface area contributed by atoms with Crippen molar-refractivity contribution in [1.29, 1.82) is 0 Å². The van der Waals surface area contributed by atoms with Crippen molar-refractivity contribution in [1.82, 2.24) is 29.8 Å². The maximum Gasteiger partial charge on any atom is 0.231 e. The number of aldehydes is 1. The molecule has 2 aliphatic rings. The van der Waals surface area contributed by atoms with Crippen molar-refractivity contribution in [2.45, 2.75) is 6.17 Å². The number of fused-ring (bicyclic) bond motifs is 1. The fourth-order valence-electron chi connectivity index (χ4n) is 4.45. The lowest BCUT2D eigenvalue weighted by molar-refractivity contribution is -0.144. The summed E-state index contributed by atoms with van der Waals surface area (Å²) in [4.78, 5) is 30.7. The molecule has 2 aliphatic heterocycles. The molecule has 11 nitrogen and oxygen atoms in total. The number of nitrogens with one attached hydrogen (secondary N) is 3. The van der Waals surface area contributed by atoms with E-state index in [1.165, 1.54) is 10.8 Å². The number of likely N-dealkylation sites (N-methyl/N-ethyl adjacent to an activating group) is 2. The largest absolute Gasteiger partial charge is 0.369 e. The van der Waals surface area contributed by atoms with Gasteiger partial charge < -0.3 is 35.5 Å². The van der Waals surface area contributed by atoms with E-state index in [2.05, 4.69) is 59.5 Å².